The van der Waals surface area contributed by atoms with Gasteiger partial charge in [-0.05, 0) is 31.4 Å². The Bertz CT molecular complexity index is 427. The monoisotopic (exact) mass is 389 g/mol. The van der Waals surface area contributed by atoms with Crippen LogP contribution in [0.1, 0.15) is 19.3 Å². The zero-order chi connectivity index (χ0) is 19.4. The summed E-state index contributed by atoms with van der Waals surface area (Å²) in [6.45, 7) is 6.47. The molecule has 150 valence electrons. The van der Waals surface area contributed by atoms with Crippen LogP contribution in [0.3, 0.4) is 0 Å². The Labute approximate surface area is 159 Å². The number of likely N-dealkylation sites (tertiary alicyclic amines) is 1. The van der Waals surface area contributed by atoms with E-state index in [0.717, 1.165) is 32.1 Å². The van der Waals surface area contributed by atoms with Crippen LogP contribution in [-0.2, 0) is 14.4 Å². The van der Waals surface area contributed by atoms with Crippen molar-refractivity contribution in [2.45, 2.75) is 25.3 Å². The van der Waals surface area contributed by atoms with Crippen LogP contribution in [0.2, 0.25) is 0 Å². The van der Waals surface area contributed by atoms with Crippen molar-refractivity contribution in [3.63, 3.8) is 0 Å². The molecule has 2 atom stereocenters. The predicted molar refractivity (Wildman–Crippen MR) is 101 cm³/mol. The first-order valence-corrected chi connectivity index (χ1v) is 10.4. The molecule has 1 saturated carbocycles. The normalized spacial score (nSPS) is 24.9. The number of rotatable bonds is 5. The van der Waals surface area contributed by atoms with Crippen molar-refractivity contribution in [1.29, 1.82) is 0 Å². The maximum absolute atomic E-state index is 12.4. The summed E-state index contributed by atoms with van der Waals surface area (Å²) < 4.78 is 0. The van der Waals surface area contributed by atoms with E-state index < -0.39 is 0 Å². The Morgan fingerprint density at radius 1 is 1.12 bits per heavy atom. The largest absolute Gasteiger partial charge is 0.483 e. The lowest BCUT2D eigenvalue weighted by atomic mass is 10.1. The van der Waals surface area contributed by atoms with Crippen molar-refractivity contribution in [3.05, 3.63) is 0 Å². The van der Waals surface area contributed by atoms with Gasteiger partial charge in [0.05, 0.1) is 6.54 Å². The molecule has 0 aromatic rings. The zero-order valence-electron chi connectivity index (χ0n) is 15.5. The first-order chi connectivity index (χ1) is 12.6. The van der Waals surface area contributed by atoms with Gasteiger partial charge in [-0.2, -0.15) is 11.8 Å². The summed E-state index contributed by atoms with van der Waals surface area (Å²) in [6.07, 6.45) is 6.21. The second-order valence-corrected chi connectivity index (χ2v) is 7.67. The first kappa shape index (κ1) is 22.7. The zero-order valence-corrected chi connectivity index (χ0v) is 16.3. The van der Waals surface area contributed by atoms with Crippen LogP contribution in [0.4, 0.5) is 0 Å². The number of carbonyl (C=O) groups excluding carboxylic acids is 1. The summed E-state index contributed by atoms with van der Waals surface area (Å²) in [4.78, 5) is 36.1. The van der Waals surface area contributed by atoms with Crippen molar-refractivity contribution in [2.24, 2.45) is 5.92 Å². The minimum Gasteiger partial charge on any atom is -0.483 e. The van der Waals surface area contributed by atoms with E-state index in [2.05, 4.69) is 21.0 Å². The van der Waals surface area contributed by atoms with Crippen LogP contribution in [0.15, 0.2) is 0 Å². The van der Waals surface area contributed by atoms with E-state index in [1.165, 1.54) is 38.1 Å². The maximum atomic E-state index is 12.4. The van der Waals surface area contributed by atoms with Gasteiger partial charge in [0.15, 0.2) is 0 Å². The summed E-state index contributed by atoms with van der Waals surface area (Å²) in [5.41, 5.74) is 0. The molecule has 2 heterocycles. The van der Waals surface area contributed by atoms with Crippen LogP contribution in [0.5, 0.6) is 0 Å². The summed E-state index contributed by atoms with van der Waals surface area (Å²) in [5.74, 6) is 2.45. The van der Waals surface area contributed by atoms with E-state index in [-0.39, 0.29) is 12.9 Å². The molecule has 0 aromatic carbocycles. The number of piperazine rings is 1. The highest BCUT2D eigenvalue weighted by atomic mass is 32.2. The molecule has 1 amide bonds. The minimum absolute atomic E-state index is 0.250. The molecule has 8 nitrogen and oxygen atoms in total. The van der Waals surface area contributed by atoms with Gasteiger partial charge in [0.1, 0.15) is 0 Å². The van der Waals surface area contributed by atoms with Gasteiger partial charge in [0, 0.05) is 51.1 Å². The smallest absolute Gasteiger partial charge is 0.290 e. The standard InChI is InChI=1S/C15H27N3OS.2CH2O2/c1-20-9-8-16-4-6-17(7-5-16)15(19)12-18-11-13-2-3-14(18)10-13;2*2-1-3/h13-14H,2-12H2,1H3;2*1H,(H,2,3)/t13-,14+;;/m1../s1. The quantitative estimate of drug-likeness (QED) is 0.651. The molecule has 0 unspecified atom stereocenters. The Balaban J connectivity index is 0.000000499. The minimum atomic E-state index is -0.250. The number of carbonyl (C=O) groups is 3. The molecular formula is C17H31N3O5S. The third-order valence-corrected chi connectivity index (χ3v) is 5.79. The molecule has 0 aromatic heterocycles. The van der Waals surface area contributed by atoms with Gasteiger partial charge in [-0.15, -0.1) is 0 Å². The third kappa shape index (κ3) is 7.51. The van der Waals surface area contributed by atoms with Crippen molar-refractivity contribution in [1.82, 2.24) is 14.7 Å². The van der Waals surface area contributed by atoms with Crippen LogP contribution in [-0.4, -0.2) is 108 Å². The molecular weight excluding hydrogens is 358 g/mol. The summed E-state index contributed by atoms with van der Waals surface area (Å²) in [6, 6.07) is 0.715. The van der Waals surface area contributed by atoms with E-state index in [1.54, 1.807) is 0 Å². The maximum Gasteiger partial charge on any atom is 0.290 e. The number of amides is 1. The van der Waals surface area contributed by atoms with E-state index in [0.29, 0.717) is 18.5 Å². The van der Waals surface area contributed by atoms with Gasteiger partial charge in [-0.1, -0.05) is 0 Å². The van der Waals surface area contributed by atoms with Gasteiger partial charge in [0.2, 0.25) is 5.91 Å². The van der Waals surface area contributed by atoms with E-state index in [4.69, 9.17) is 19.8 Å². The lowest BCUT2D eigenvalue weighted by molar-refractivity contribution is -0.134. The Kier molecular flexibility index (Phi) is 11.3. The number of carboxylic acid groups (broad SMARTS) is 2. The highest BCUT2D eigenvalue weighted by Crippen LogP contribution is 2.37. The molecule has 2 saturated heterocycles. The fourth-order valence-electron chi connectivity index (χ4n) is 3.94. The Hall–Kier alpha value is -1.32. The molecule has 3 fully saturated rings. The molecule has 1 aliphatic carbocycles. The molecule has 2 aliphatic heterocycles. The van der Waals surface area contributed by atoms with Crippen molar-refractivity contribution >= 4 is 30.6 Å². The number of nitrogens with zero attached hydrogens (tertiary/aromatic N) is 3. The summed E-state index contributed by atoms with van der Waals surface area (Å²) in [5, 5.41) is 13.8. The van der Waals surface area contributed by atoms with Crippen LogP contribution in [0.25, 0.3) is 0 Å². The number of piperidine rings is 1. The fourth-order valence-corrected chi connectivity index (χ4v) is 4.38. The van der Waals surface area contributed by atoms with Crippen LogP contribution in [0, 0.1) is 5.92 Å². The average Bonchev–Trinajstić information content (AvgIpc) is 3.25. The van der Waals surface area contributed by atoms with Gasteiger partial charge in [-0.3, -0.25) is 24.2 Å². The molecule has 2 N–H and O–H groups in total. The number of hydrogen-bond donors (Lipinski definition) is 2. The first-order valence-electron chi connectivity index (χ1n) is 8.98. The molecule has 2 bridgehead atoms. The third-order valence-electron chi connectivity index (χ3n) is 5.20. The number of thioether (sulfide) groups is 1. The van der Waals surface area contributed by atoms with Gasteiger partial charge in [-0.25, -0.2) is 0 Å². The highest BCUT2D eigenvalue weighted by molar-refractivity contribution is 7.98. The molecule has 9 heteroatoms. The van der Waals surface area contributed by atoms with Gasteiger partial charge >= 0.3 is 0 Å². The number of fused-ring (bicyclic) bond motifs is 2. The van der Waals surface area contributed by atoms with Crippen molar-refractivity contribution in [3.8, 4) is 0 Å². The summed E-state index contributed by atoms with van der Waals surface area (Å²) in [7, 11) is 0. The van der Waals surface area contributed by atoms with E-state index in [9.17, 15) is 4.79 Å². The Morgan fingerprint density at radius 3 is 2.19 bits per heavy atom. The van der Waals surface area contributed by atoms with Crippen molar-refractivity contribution < 1.29 is 24.6 Å². The lowest BCUT2D eigenvalue weighted by Crippen LogP contribution is -2.52. The highest BCUT2D eigenvalue weighted by Gasteiger charge is 2.38. The molecule has 0 spiro atoms. The molecule has 3 aliphatic rings. The number of hydrogen-bond acceptors (Lipinski definition) is 6. The predicted octanol–water partition coefficient (Wildman–Crippen LogP) is 0.380. The average molecular weight is 390 g/mol. The second kappa shape index (κ2) is 12.9. The molecule has 0 radical (unpaired) electrons. The van der Waals surface area contributed by atoms with E-state index >= 15 is 0 Å². The lowest BCUT2D eigenvalue weighted by Gasteiger charge is -2.36. The molecule has 3 rings (SSSR count). The van der Waals surface area contributed by atoms with Crippen LogP contribution < -0.4 is 0 Å². The van der Waals surface area contributed by atoms with Gasteiger partial charge in [0.25, 0.3) is 12.9 Å². The summed E-state index contributed by atoms with van der Waals surface area (Å²) >= 11 is 1.90. The molecule has 26 heavy (non-hydrogen) atoms. The van der Waals surface area contributed by atoms with Crippen molar-refractivity contribution in [2.75, 3.05) is 57.8 Å². The SMILES string of the molecule is CSCCN1CCN(C(=O)CN2C[C@@H]3CC[C@H]2C3)CC1.O=CO.O=CO. The van der Waals surface area contributed by atoms with Crippen LogP contribution >= 0.6 is 11.8 Å². The topological polar surface area (TPSA) is 101 Å². The van der Waals surface area contributed by atoms with E-state index in [1.807, 2.05) is 11.8 Å². The van der Waals surface area contributed by atoms with Gasteiger partial charge < -0.3 is 15.1 Å². The Morgan fingerprint density at radius 2 is 1.73 bits per heavy atom. The second-order valence-electron chi connectivity index (χ2n) is 6.69. The fraction of sp³-hybridized carbons (Fsp3) is 0.824.